The van der Waals surface area contributed by atoms with Crippen molar-refractivity contribution in [2.45, 2.75) is 18.9 Å². The monoisotopic (exact) mass is 339 g/mol. The Morgan fingerprint density at radius 3 is 2.76 bits per heavy atom. The highest BCUT2D eigenvalue weighted by molar-refractivity contribution is 6.04. The smallest absolute Gasteiger partial charge is 0.274 e. The molecule has 2 unspecified atom stereocenters. The van der Waals surface area contributed by atoms with E-state index in [0.29, 0.717) is 35.4 Å². The molecule has 2 aromatic rings. The van der Waals surface area contributed by atoms with Crippen molar-refractivity contribution in [1.82, 2.24) is 9.88 Å². The van der Waals surface area contributed by atoms with E-state index in [1.807, 2.05) is 10.6 Å². The van der Waals surface area contributed by atoms with Crippen molar-refractivity contribution in [2.75, 3.05) is 25.5 Å². The average Bonchev–Trinajstić information content (AvgIpc) is 2.65. The fourth-order valence-corrected chi connectivity index (χ4v) is 3.82. The highest BCUT2D eigenvalue weighted by Gasteiger charge is 2.31. The van der Waals surface area contributed by atoms with Crippen LogP contribution in [0.3, 0.4) is 0 Å². The third-order valence-corrected chi connectivity index (χ3v) is 5.11. The molecular weight excluding hydrogens is 318 g/mol. The standard InChI is InChI=1S/C19H21N3O3/c1-25-15-4-2-13(3-5-15)18(23)21-16-6-7-17-14-8-12(9-20-10-14)11-22(17)19(16)24/h2-7,12,14,20H,8-11H2,1H3,(H,21,23). The van der Waals surface area contributed by atoms with Crippen LogP contribution >= 0.6 is 0 Å². The van der Waals surface area contributed by atoms with E-state index in [1.165, 1.54) is 0 Å². The number of ether oxygens (including phenoxy) is 1. The molecule has 130 valence electrons. The number of fused-ring (bicyclic) bond motifs is 4. The summed E-state index contributed by atoms with van der Waals surface area (Å²) in [6.45, 7) is 2.57. The summed E-state index contributed by atoms with van der Waals surface area (Å²) in [5.41, 5.74) is 1.77. The minimum absolute atomic E-state index is 0.115. The first-order valence-electron chi connectivity index (χ1n) is 8.55. The van der Waals surface area contributed by atoms with Crippen LogP contribution in [0.4, 0.5) is 5.69 Å². The van der Waals surface area contributed by atoms with Gasteiger partial charge in [0.1, 0.15) is 11.4 Å². The van der Waals surface area contributed by atoms with E-state index < -0.39 is 0 Å². The third kappa shape index (κ3) is 2.93. The van der Waals surface area contributed by atoms with Gasteiger partial charge < -0.3 is 19.9 Å². The second-order valence-corrected chi connectivity index (χ2v) is 6.73. The van der Waals surface area contributed by atoms with Crippen LogP contribution < -0.4 is 20.9 Å². The van der Waals surface area contributed by atoms with E-state index in [1.54, 1.807) is 37.4 Å². The zero-order valence-electron chi connectivity index (χ0n) is 14.1. The van der Waals surface area contributed by atoms with Crippen LogP contribution in [0.2, 0.25) is 0 Å². The Kier molecular flexibility index (Phi) is 4.05. The molecule has 2 aliphatic heterocycles. The Morgan fingerprint density at radius 1 is 1.20 bits per heavy atom. The molecule has 0 radical (unpaired) electrons. The number of hydrogen-bond donors (Lipinski definition) is 2. The maximum atomic E-state index is 12.8. The first kappa shape index (κ1) is 15.9. The number of carbonyl (C=O) groups excluding carboxylic acids is 1. The maximum Gasteiger partial charge on any atom is 0.274 e. The fourth-order valence-electron chi connectivity index (χ4n) is 3.82. The van der Waals surface area contributed by atoms with Crippen molar-refractivity contribution < 1.29 is 9.53 Å². The number of anilines is 1. The number of hydrogen-bond acceptors (Lipinski definition) is 4. The number of piperidine rings is 1. The number of methoxy groups -OCH3 is 1. The van der Waals surface area contributed by atoms with Gasteiger partial charge in [0.25, 0.3) is 11.5 Å². The first-order chi connectivity index (χ1) is 12.2. The van der Waals surface area contributed by atoms with Gasteiger partial charge in [-0.1, -0.05) is 0 Å². The molecule has 1 amide bonds. The van der Waals surface area contributed by atoms with Crippen LogP contribution in [0.5, 0.6) is 5.75 Å². The van der Waals surface area contributed by atoms with E-state index in [9.17, 15) is 9.59 Å². The van der Waals surface area contributed by atoms with E-state index in [2.05, 4.69) is 10.6 Å². The lowest BCUT2D eigenvalue weighted by Crippen LogP contribution is -2.45. The molecule has 1 saturated heterocycles. The van der Waals surface area contributed by atoms with Crippen LogP contribution in [0.15, 0.2) is 41.2 Å². The number of pyridine rings is 1. The molecule has 6 heteroatoms. The topological polar surface area (TPSA) is 72.4 Å². The number of amides is 1. The van der Waals surface area contributed by atoms with Crippen LogP contribution in [-0.2, 0) is 6.54 Å². The molecule has 2 aliphatic rings. The lowest BCUT2D eigenvalue weighted by molar-refractivity contribution is 0.102. The zero-order chi connectivity index (χ0) is 17.4. The summed E-state index contributed by atoms with van der Waals surface area (Å²) >= 11 is 0. The van der Waals surface area contributed by atoms with Gasteiger partial charge in [-0.25, -0.2) is 0 Å². The Bertz CT molecular complexity index is 857. The van der Waals surface area contributed by atoms with E-state index in [-0.39, 0.29) is 11.5 Å². The van der Waals surface area contributed by atoms with Crippen LogP contribution in [-0.4, -0.2) is 30.7 Å². The quantitative estimate of drug-likeness (QED) is 0.895. The van der Waals surface area contributed by atoms with Gasteiger partial charge in [-0.2, -0.15) is 0 Å². The van der Waals surface area contributed by atoms with E-state index >= 15 is 0 Å². The number of nitrogens with zero attached hydrogens (tertiary/aromatic N) is 1. The Morgan fingerprint density at radius 2 is 2.00 bits per heavy atom. The summed E-state index contributed by atoms with van der Waals surface area (Å²) < 4.78 is 6.93. The zero-order valence-corrected chi connectivity index (χ0v) is 14.1. The van der Waals surface area contributed by atoms with Gasteiger partial charge in [0, 0.05) is 30.3 Å². The summed E-state index contributed by atoms with van der Waals surface area (Å²) in [5.74, 6) is 1.26. The molecule has 0 spiro atoms. The molecule has 3 heterocycles. The van der Waals surface area contributed by atoms with E-state index in [4.69, 9.17) is 4.74 Å². The molecule has 2 N–H and O–H groups in total. The van der Waals surface area contributed by atoms with Crippen LogP contribution in [0.1, 0.15) is 28.4 Å². The lowest BCUT2D eigenvalue weighted by atomic mass is 9.84. The predicted molar refractivity (Wildman–Crippen MR) is 95.4 cm³/mol. The second kappa shape index (κ2) is 6.37. The number of nitrogens with one attached hydrogen (secondary N) is 2. The maximum absolute atomic E-state index is 12.8. The van der Waals surface area contributed by atoms with Gasteiger partial charge in [-0.05, 0) is 55.3 Å². The van der Waals surface area contributed by atoms with Gasteiger partial charge in [0.05, 0.1) is 7.11 Å². The molecule has 2 bridgehead atoms. The molecule has 4 rings (SSSR count). The van der Waals surface area contributed by atoms with Gasteiger partial charge in [-0.15, -0.1) is 0 Å². The SMILES string of the molecule is COc1ccc(C(=O)Nc2ccc3n(c2=O)CC2CNCC3C2)cc1. The van der Waals surface area contributed by atoms with Crippen LogP contribution in [0, 0.1) is 5.92 Å². The van der Waals surface area contributed by atoms with Gasteiger partial charge in [0.15, 0.2) is 0 Å². The number of carbonyl (C=O) groups is 1. The van der Waals surface area contributed by atoms with Crippen molar-refractivity contribution in [3.05, 3.63) is 58.0 Å². The first-order valence-corrected chi connectivity index (χ1v) is 8.55. The predicted octanol–water partition coefficient (Wildman–Crippen LogP) is 1.82. The molecular formula is C19H21N3O3. The summed E-state index contributed by atoms with van der Waals surface area (Å²) in [6, 6.07) is 10.5. The molecule has 1 aromatic heterocycles. The molecule has 0 saturated carbocycles. The summed E-state index contributed by atoms with van der Waals surface area (Å²) in [4.78, 5) is 25.2. The highest BCUT2D eigenvalue weighted by atomic mass is 16.5. The number of benzene rings is 1. The van der Waals surface area contributed by atoms with Crippen molar-refractivity contribution >= 4 is 11.6 Å². The minimum atomic E-state index is -0.294. The van der Waals surface area contributed by atoms with Crippen molar-refractivity contribution in [1.29, 1.82) is 0 Å². The Labute approximate surface area is 145 Å². The largest absolute Gasteiger partial charge is 0.497 e. The van der Waals surface area contributed by atoms with Gasteiger partial charge in [0.2, 0.25) is 0 Å². The third-order valence-electron chi connectivity index (χ3n) is 5.11. The van der Waals surface area contributed by atoms with Gasteiger partial charge >= 0.3 is 0 Å². The van der Waals surface area contributed by atoms with Gasteiger partial charge in [-0.3, -0.25) is 9.59 Å². The van der Waals surface area contributed by atoms with Crippen molar-refractivity contribution in [2.24, 2.45) is 5.92 Å². The summed E-state index contributed by atoms with van der Waals surface area (Å²) in [6.07, 6.45) is 1.13. The highest BCUT2D eigenvalue weighted by Crippen LogP contribution is 2.32. The molecule has 1 fully saturated rings. The molecule has 0 aliphatic carbocycles. The normalized spacial score (nSPS) is 21.3. The average molecular weight is 339 g/mol. The number of aromatic nitrogens is 1. The second-order valence-electron chi connectivity index (χ2n) is 6.73. The Hall–Kier alpha value is -2.60. The summed E-state index contributed by atoms with van der Waals surface area (Å²) in [5, 5.41) is 6.18. The summed E-state index contributed by atoms with van der Waals surface area (Å²) in [7, 11) is 1.58. The molecule has 6 nitrogen and oxygen atoms in total. The molecule has 25 heavy (non-hydrogen) atoms. The van der Waals surface area contributed by atoms with Crippen LogP contribution in [0.25, 0.3) is 0 Å². The van der Waals surface area contributed by atoms with E-state index in [0.717, 1.165) is 25.2 Å². The van der Waals surface area contributed by atoms with Crippen molar-refractivity contribution in [3.8, 4) is 5.75 Å². The molecule has 1 aromatic carbocycles. The Balaban J connectivity index is 1.60. The minimum Gasteiger partial charge on any atom is -0.497 e. The lowest BCUT2D eigenvalue weighted by Gasteiger charge is -2.37. The van der Waals surface area contributed by atoms with Crippen molar-refractivity contribution in [3.63, 3.8) is 0 Å². The number of rotatable bonds is 3. The molecule has 2 atom stereocenters. The fraction of sp³-hybridized carbons (Fsp3) is 0.368.